The van der Waals surface area contributed by atoms with E-state index in [9.17, 15) is 50.4 Å². The SMILES string of the molecule is Brc1cc(Br)cc(-c2cc(-c3ccccn3)nc(-c3ccccn3)c2)c1.Brc1cc(Br)cc(-c2cc(-c3ccccn3)nc(-c3ccccn3)c2)c1.CC#N.CC#N.F[P-](F)(F)(F)(F)F.F[P-](F)(F)(F)(F)F.[Ru+2]. The van der Waals surface area contributed by atoms with Gasteiger partial charge in [-0.15, -0.1) is 0 Å². The number of rotatable bonds is 6. The summed E-state index contributed by atoms with van der Waals surface area (Å²) in [5.74, 6) is 0. The first-order valence-corrected chi connectivity index (χ1v) is 26.7. The third-order valence-electron chi connectivity index (χ3n) is 7.75. The van der Waals surface area contributed by atoms with Crippen molar-refractivity contribution in [2.24, 2.45) is 0 Å². The van der Waals surface area contributed by atoms with Crippen LogP contribution in [0.3, 0.4) is 0 Å². The van der Waals surface area contributed by atoms with Crippen molar-refractivity contribution in [3.8, 4) is 79.9 Å². The van der Waals surface area contributed by atoms with Crippen LogP contribution in [0.15, 0.2) is 176 Å². The molecule has 0 spiro atoms. The molecule has 27 heteroatoms. The second kappa shape index (κ2) is 25.4. The van der Waals surface area contributed by atoms with Gasteiger partial charge in [-0.05, 0) is 131 Å². The minimum absolute atomic E-state index is 0. The smallest absolute Gasteiger partial charge is 2.00 e. The fraction of sp³-hybridized carbons (Fsp3) is 0.0435. The van der Waals surface area contributed by atoms with Gasteiger partial charge in [-0.1, -0.05) is 88.0 Å². The Hall–Kier alpha value is -5.12. The summed E-state index contributed by atoms with van der Waals surface area (Å²) in [6.45, 7) is 2.86. The zero-order valence-corrected chi connectivity index (χ0v) is 46.8. The molecule has 8 rings (SSSR count). The van der Waals surface area contributed by atoms with E-state index in [1.165, 1.54) is 13.8 Å². The summed E-state index contributed by atoms with van der Waals surface area (Å²) < 4.78 is 122. The standard InChI is InChI=1S/2C21H13Br2N3.2C2H3N.2F6P.Ru/c2*22-16-9-14(10-17(23)13-16)15-11-20(18-5-1-3-7-24-18)26-21(12-15)19-6-2-4-8-25-19;2*1-2-3;2*1-7(2,3,4,5)6;/h2*1-13H;2*1H3;;;/q;;;;2*-1;+2. The average molecular weight is 1410 g/mol. The normalized spacial score (nSPS) is 12.3. The first kappa shape index (κ1) is 64.0. The topological polar surface area (TPSA) is 125 Å². The molecular weight excluding hydrogens is 1380 g/mol. The Balaban J connectivity index is 0.000000363. The van der Waals surface area contributed by atoms with Gasteiger partial charge in [0.05, 0.1) is 57.7 Å². The fourth-order valence-electron chi connectivity index (χ4n) is 5.42. The molecule has 0 saturated heterocycles. The number of halogens is 16. The van der Waals surface area contributed by atoms with Crippen LogP contribution < -0.4 is 0 Å². The van der Waals surface area contributed by atoms with Crippen LogP contribution in [0.25, 0.3) is 67.8 Å². The van der Waals surface area contributed by atoms with Crippen molar-refractivity contribution in [1.29, 1.82) is 10.5 Å². The molecule has 6 aromatic heterocycles. The number of nitrogens with zero attached hydrogens (tertiary/aromatic N) is 8. The second-order valence-electron chi connectivity index (χ2n) is 13.8. The van der Waals surface area contributed by atoms with E-state index < -0.39 is 15.6 Å². The number of benzene rings is 2. The molecule has 0 bridgehead atoms. The molecule has 0 saturated carbocycles. The van der Waals surface area contributed by atoms with E-state index in [1.54, 1.807) is 36.9 Å². The van der Waals surface area contributed by atoms with Crippen LogP contribution in [0, 0.1) is 22.7 Å². The van der Waals surface area contributed by atoms with Crippen molar-refractivity contribution in [1.82, 2.24) is 29.9 Å². The van der Waals surface area contributed by atoms with E-state index in [4.69, 9.17) is 20.5 Å². The first-order valence-electron chi connectivity index (χ1n) is 19.5. The summed E-state index contributed by atoms with van der Waals surface area (Å²) in [6.07, 6.45) is 7.11. The van der Waals surface area contributed by atoms with E-state index >= 15 is 0 Å². The molecule has 0 atom stereocenters. The maximum atomic E-state index is 9.87. The average Bonchev–Trinajstić information content (AvgIpc) is 3.28. The summed E-state index contributed by atoms with van der Waals surface area (Å²) in [4.78, 5) is 27.4. The van der Waals surface area contributed by atoms with E-state index in [0.29, 0.717) is 0 Å². The number of nitriles is 2. The molecule has 0 radical (unpaired) electrons. The molecule has 0 amide bonds. The number of pyridine rings is 6. The Morgan fingerprint density at radius 3 is 0.685 bits per heavy atom. The maximum absolute atomic E-state index is 10.7. The molecule has 0 unspecified atom stereocenters. The van der Waals surface area contributed by atoms with Gasteiger partial charge in [-0.25, -0.2) is 9.97 Å². The number of hydrogen-bond acceptors (Lipinski definition) is 8. The second-order valence-corrected chi connectivity index (χ2v) is 21.3. The van der Waals surface area contributed by atoms with Crippen molar-refractivity contribution in [3.63, 3.8) is 0 Å². The van der Waals surface area contributed by atoms with E-state index in [2.05, 4.69) is 132 Å². The van der Waals surface area contributed by atoms with Crippen LogP contribution >= 0.6 is 79.3 Å². The maximum Gasteiger partial charge on any atom is 2.00 e. The van der Waals surface area contributed by atoms with Crippen LogP contribution in [-0.2, 0) is 19.5 Å². The largest absolute Gasteiger partial charge is 2.00 e. The van der Waals surface area contributed by atoms with Crippen LogP contribution in [0.4, 0.5) is 50.4 Å². The summed E-state index contributed by atoms with van der Waals surface area (Å²) in [7, 11) is -21.3. The Labute approximate surface area is 456 Å². The van der Waals surface area contributed by atoms with Gasteiger partial charge in [0, 0.05) is 56.5 Å². The molecule has 0 N–H and O–H groups in total. The van der Waals surface area contributed by atoms with Gasteiger partial charge in [0.1, 0.15) is 0 Å². The van der Waals surface area contributed by atoms with Crippen molar-refractivity contribution >= 4 is 79.3 Å². The van der Waals surface area contributed by atoms with E-state index in [1.807, 2.05) is 84.9 Å². The van der Waals surface area contributed by atoms with Crippen LogP contribution in [0.5, 0.6) is 0 Å². The Morgan fingerprint density at radius 1 is 0.342 bits per heavy atom. The Kier molecular flexibility index (Phi) is 22.3. The molecule has 73 heavy (non-hydrogen) atoms. The summed E-state index contributed by atoms with van der Waals surface area (Å²) in [5.41, 5.74) is 10.9. The van der Waals surface area contributed by atoms with Crippen LogP contribution in [0.2, 0.25) is 0 Å². The number of aromatic nitrogens is 6. The van der Waals surface area contributed by atoms with Crippen molar-refractivity contribution < 1.29 is 69.8 Å². The van der Waals surface area contributed by atoms with Gasteiger partial charge in [-0.3, -0.25) is 19.9 Å². The molecule has 2 aromatic carbocycles. The quantitative estimate of drug-likeness (QED) is 0.0916. The zero-order valence-electron chi connectivity index (χ0n) is 36.9. The monoisotopic (exact) mass is 1400 g/mol. The predicted octanol–water partition coefficient (Wildman–Crippen LogP) is 20.6. The van der Waals surface area contributed by atoms with Gasteiger partial charge in [0.15, 0.2) is 0 Å². The molecular formula is C46H32Br4F12N8P2Ru. The Morgan fingerprint density at radius 2 is 0.521 bits per heavy atom. The third kappa shape index (κ3) is 28.8. The van der Waals surface area contributed by atoms with Crippen LogP contribution in [0.1, 0.15) is 13.8 Å². The third-order valence-corrected chi connectivity index (χ3v) is 9.58. The van der Waals surface area contributed by atoms with Gasteiger partial charge in [0.25, 0.3) is 0 Å². The summed E-state index contributed by atoms with van der Waals surface area (Å²) >= 11 is 14.3. The minimum Gasteiger partial charge on any atom is 2.00 e. The molecule has 6 heterocycles. The van der Waals surface area contributed by atoms with Crippen LogP contribution in [-0.4, -0.2) is 29.9 Å². The number of hydrogen-bond donors (Lipinski definition) is 0. The van der Waals surface area contributed by atoms with Crippen molar-refractivity contribution in [2.45, 2.75) is 13.8 Å². The summed E-state index contributed by atoms with van der Waals surface area (Å²) in [5, 5.41) is 14.6. The molecule has 8 nitrogen and oxygen atoms in total. The van der Waals surface area contributed by atoms with E-state index in [-0.39, 0.29) is 19.5 Å². The molecule has 0 aliphatic rings. The van der Waals surface area contributed by atoms with Crippen molar-refractivity contribution in [3.05, 3.63) is 176 Å². The molecule has 0 aliphatic carbocycles. The predicted molar refractivity (Wildman–Crippen MR) is 273 cm³/mol. The molecule has 0 fully saturated rings. The Bertz CT molecular complexity index is 2780. The minimum atomic E-state index is -10.7. The first-order chi connectivity index (χ1) is 33.1. The fourth-order valence-corrected chi connectivity index (χ4v) is 8.00. The zero-order chi connectivity index (χ0) is 54.1. The molecule has 8 aromatic rings. The van der Waals surface area contributed by atoms with Gasteiger partial charge < -0.3 is 0 Å². The molecule has 386 valence electrons. The van der Waals surface area contributed by atoms with Gasteiger partial charge in [-0.2, -0.15) is 10.5 Å². The van der Waals surface area contributed by atoms with E-state index in [0.717, 1.165) is 85.7 Å². The van der Waals surface area contributed by atoms with Crippen molar-refractivity contribution in [2.75, 3.05) is 0 Å². The summed E-state index contributed by atoms with van der Waals surface area (Å²) in [6, 6.07) is 47.4. The molecule has 0 aliphatic heterocycles. The van der Waals surface area contributed by atoms with Gasteiger partial charge >= 0.3 is 85.5 Å². The van der Waals surface area contributed by atoms with Gasteiger partial charge in [0.2, 0.25) is 0 Å².